The molecule has 92 valence electrons. The zero-order valence-electron chi connectivity index (χ0n) is 10.4. The second-order valence-corrected chi connectivity index (χ2v) is 4.75. The van der Waals surface area contributed by atoms with Crippen molar-refractivity contribution in [2.45, 2.75) is 25.8 Å². The number of rotatable bonds is 5. The van der Waals surface area contributed by atoms with Gasteiger partial charge in [-0.05, 0) is 25.0 Å². The molecule has 1 amide bonds. The molecule has 0 N–H and O–H groups in total. The largest absolute Gasteiger partial charge is 0.353 e. The summed E-state index contributed by atoms with van der Waals surface area (Å²) in [7, 11) is 2.01. The molecule has 1 fully saturated rings. The summed E-state index contributed by atoms with van der Waals surface area (Å²) in [6.45, 7) is 5.06. The van der Waals surface area contributed by atoms with E-state index < -0.39 is 0 Å². The Balaban J connectivity index is 2.03. The van der Waals surface area contributed by atoms with Crippen molar-refractivity contribution in [3.63, 3.8) is 0 Å². The molecule has 0 radical (unpaired) electrons. The minimum Gasteiger partial charge on any atom is -0.353 e. The fraction of sp³-hybridized carbons (Fsp3) is 0.500. The van der Waals surface area contributed by atoms with Gasteiger partial charge in [0, 0.05) is 31.4 Å². The van der Waals surface area contributed by atoms with E-state index in [1.54, 1.807) is 6.08 Å². The van der Waals surface area contributed by atoms with E-state index in [1.807, 2.05) is 24.2 Å². The molecular formula is C14H20N2O. The van der Waals surface area contributed by atoms with E-state index in [0.29, 0.717) is 13.1 Å². The van der Waals surface area contributed by atoms with Crippen molar-refractivity contribution >= 4 is 5.91 Å². The van der Waals surface area contributed by atoms with E-state index >= 15 is 0 Å². The molecule has 0 unspecified atom stereocenters. The van der Waals surface area contributed by atoms with Crippen LogP contribution in [0.5, 0.6) is 0 Å². The first-order valence-electron chi connectivity index (χ1n) is 6.22. The number of carbonyl (C=O) groups is 1. The molecule has 1 aromatic heterocycles. The summed E-state index contributed by atoms with van der Waals surface area (Å²) < 4.78 is 2.06. The number of nitrogens with zero attached hydrogens (tertiary/aromatic N) is 2. The topological polar surface area (TPSA) is 25.2 Å². The Kier molecular flexibility index (Phi) is 3.67. The lowest BCUT2D eigenvalue weighted by Gasteiger charge is -2.31. The molecule has 0 spiro atoms. The van der Waals surface area contributed by atoms with Gasteiger partial charge in [-0.3, -0.25) is 4.79 Å². The molecule has 0 aromatic carbocycles. The zero-order valence-corrected chi connectivity index (χ0v) is 10.4. The van der Waals surface area contributed by atoms with Gasteiger partial charge in [-0.15, -0.1) is 6.58 Å². The lowest BCUT2D eigenvalue weighted by Crippen LogP contribution is -2.38. The summed E-state index contributed by atoms with van der Waals surface area (Å²) in [5.74, 6) is 0.549. The summed E-state index contributed by atoms with van der Waals surface area (Å²) in [5, 5.41) is 0. The van der Waals surface area contributed by atoms with Crippen molar-refractivity contribution < 1.29 is 4.79 Å². The molecule has 1 saturated carbocycles. The molecule has 0 aliphatic heterocycles. The van der Waals surface area contributed by atoms with Gasteiger partial charge in [-0.2, -0.15) is 0 Å². The van der Waals surface area contributed by atoms with Gasteiger partial charge >= 0.3 is 0 Å². The minimum absolute atomic E-state index is 0.259. The second kappa shape index (κ2) is 5.21. The van der Waals surface area contributed by atoms with Crippen molar-refractivity contribution in [2.75, 3.05) is 6.54 Å². The predicted molar refractivity (Wildman–Crippen MR) is 68.4 cm³/mol. The van der Waals surface area contributed by atoms with Crippen LogP contribution >= 0.6 is 0 Å². The highest BCUT2D eigenvalue weighted by Gasteiger charge is 2.29. The van der Waals surface area contributed by atoms with E-state index in [9.17, 15) is 4.79 Å². The first-order valence-corrected chi connectivity index (χ1v) is 6.22. The Morgan fingerprint density at radius 1 is 1.65 bits per heavy atom. The summed E-state index contributed by atoms with van der Waals surface area (Å²) in [4.78, 5) is 14.1. The average Bonchev–Trinajstić information content (AvgIpc) is 2.61. The van der Waals surface area contributed by atoms with Crippen LogP contribution in [0.4, 0.5) is 0 Å². The van der Waals surface area contributed by atoms with Crippen molar-refractivity contribution in [3.8, 4) is 0 Å². The number of aryl methyl sites for hydroxylation is 1. The number of amides is 1. The zero-order chi connectivity index (χ0) is 12.3. The van der Waals surface area contributed by atoms with Gasteiger partial charge in [0.05, 0.1) is 6.54 Å². The van der Waals surface area contributed by atoms with Gasteiger partial charge in [-0.25, -0.2) is 0 Å². The molecule has 0 atom stereocenters. The standard InChI is InChI=1S/C14H20N2O/c1-3-9-16(14(17)12-6-4-7-12)11-13-8-5-10-15(13)2/h3,5,8,10,12H,1,4,6-7,9,11H2,2H3. The van der Waals surface area contributed by atoms with E-state index in [1.165, 1.54) is 12.1 Å². The van der Waals surface area contributed by atoms with Crippen LogP contribution in [0.3, 0.4) is 0 Å². The van der Waals surface area contributed by atoms with Gasteiger partial charge in [0.1, 0.15) is 0 Å². The van der Waals surface area contributed by atoms with E-state index in [2.05, 4.69) is 17.2 Å². The maximum absolute atomic E-state index is 12.2. The van der Waals surface area contributed by atoms with Crippen molar-refractivity contribution in [1.29, 1.82) is 0 Å². The van der Waals surface area contributed by atoms with E-state index in [-0.39, 0.29) is 11.8 Å². The highest BCUT2D eigenvalue weighted by molar-refractivity contribution is 5.79. The van der Waals surface area contributed by atoms with E-state index in [0.717, 1.165) is 12.8 Å². The third-order valence-corrected chi connectivity index (χ3v) is 3.52. The average molecular weight is 232 g/mol. The van der Waals surface area contributed by atoms with Crippen molar-refractivity contribution in [3.05, 3.63) is 36.7 Å². The maximum Gasteiger partial charge on any atom is 0.226 e. The second-order valence-electron chi connectivity index (χ2n) is 4.75. The molecule has 3 heteroatoms. The molecule has 3 nitrogen and oxygen atoms in total. The molecular weight excluding hydrogens is 212 g/mol. The molecule has 17 heavy (non-hydrogen) atoms. The fourth-order valence-corrected chi connectivity index (χ4v) is 2.16. The SMILES string of the molecule is C=CCN(Cc1cccn1C)C(=O)C1CCC1. The summed E-state index contributed by atoms with van der Waals surface area (Å²) in [6.07, 6.45) is 7.12. The van der Waals surface area contributed by atoms with Crippen LogP contribution in [0.15, 0.2) is 31.0 Å². The number of carbonyl (C=O) groups excluding carboxylic acids is 1. The molecule has 1 aromatic rings. The quantitative estimate of drug-likeness (QED) is 0.715. The van der Waals surface area contributed by atoms with Crippen LogP contribution in [0.2, 0.25) is 0 Å². The van der Waals surface area contributed by atoms with Crippen LogP contribution < -0.4 is 0 Å². The third kappa shape index (κ3) is 2.60. The molecule has 1 heterocycles. The minimum atomic E-state index is 0.259. The number of hydrogen-bond donors (Lipinski definition) is 0. The van der Waals surface area contributed by atoms with Gasteiger partial charge in [-0.1, -0.05) is 12.5 Å². The first-order chi connectivity index (χ1) is 8.22. The van der Waals surface area contributed by atoms with Crippen LogP contribution in [0, 0.1) is 5.92 Å². The molecule has 1 aliphatic rings. The lowest BCUT2D eigenvalue weighted by atomic mass is 9.84. The Labute approximate surface area is 103 Å². The van der Waals surface area contributed by atoms with Gasteiger partial charge in [0.2, 0.25) is 5.91 Å². The lowest BCUT2D eigenvalue weighted by molar-refractivity contribution is -0.138. The summed E-state index contributed by atoms with van der Waals surface area (Å²) in [6, 6.07) is 4.07. The number of aromatic nitrogens is 1. The molecule has 0 saturated heterocycles. The normalized spacial score (nSPS) is 15.4. The van der Waals surface area contributed by atoms with Gasteiger partial charge in [0.15, 0.2) is 0 Å². The molecule has 1 aliphatic carbocycles. The van der Waals surface area contributed by atoms with Gasteiger partial charge in [0.25, 0.3) is 0 Å². The third-order valence-electron chi connectivity index (χ3n) is 3.52. The first kappa shape index (κ1) is 12.0. The molecule has 2 rings (SSSR count). The Morgan fingerprint density at radius 3 is 2.88 bits per heavy atom. The Morgan fingerprint density at radius 2 is 2.41 bits per heavy atom. The highest BCUT2D eigenvalue weighted by atomic mass is 16.2. The predicted octanol–water partition coefficient (Wildman–Crippen LogP) is 2.34. The maximum atomic E-state index is 12.2. The van der Waals surface area contributed by atoms with Crippen molar-refractivity contribution in [2.24, 2.45) is 13.0 Å². The molecule has 0 bridgehead atoms. The van der Waals surface area contributed by atoms with Crippen LogP contribution in [0.1, 0.15) is 25.0 Å². The van der Waals surface area contributed by atoms with Crippen LogP contribution in [-0.2, 0) is 18.4 Å². The summed E-state index contributed by atoms with van der Waals surface area (Å²) in [5.41, 5.74) is 1.17. The fourth-order valence-electron chi connectivity index (χ4n) is 2.16. The van der Waals surface area contributed by atoms with E-state index in [4.69, 9.17) is 0 Å². The Hall–Kier alpha value is -1.51. The highest BCUT2D eigenvalue weighted by Crippen LogP contribution is 2.28. The van der Waals surface area contributed by atoms with Gasteiger partial charge < -0.3 is 9.47 Å². The smallest absolute Gasteiger partial charge is 0.226 e. The Bertz CT molecular complexity index is 404. The van der Waals surface area contributed by atoms with Crippen LogP contribution in [-0.4, -0.2) is 21.9 Å². The summed E-state index contributed by atoms with van der Waals surface area (Å²) >= 11 is 0. The number of hydrogen-bond acceptors (Lipinski definition) is 1. The monoisotopic (exact) mass is 232 g/mol. The van der Waals surface area contributed by atoms with Crippen LogP contribution in [0.25, 0.3) is 0 Å². The van der Waals surface area contributed by atoms with Crippen molar-refractivity contribution in [1.82, 2.24) is 9.47 Å².